The van der Waals surface area contributed by atoms with E-state index in [0.29, 0.717) is 81.3 Å². The molecule has 2 heterocycles. The number of methoxy groups -OCH3 is 2. The highest BCUT2D eigenvalue weighted by Gasteiger charge is 2.44. The van der Waals surface area contributed by atoms with Crippen LogP contribution in [-0.4, -0.2) is 186 Å². The number of anilines is 1. The lowest BCUT2D eigenvalue weighted by Gasteiger charge is -2.41. The maximum Gasteiger partial charge on any atom is 0.410 e. The number of unbranched alkanes of at least 4 members (excludes halogenated alkanes) is 3. The highest BCUT2D eigenvalue weighted by atomic mass is 16.6. The molecule has 0 aromatic heterocycles. The molecular formula is C68H106N10O14. The van der Waals surface area contributed by atoms with Crippen LogP contribution in [0, 0.1) is 29.6 Å². The van der Waals surface area contributed by atoms with Crippen LogP contribution in [0.1, 0.15) is 157 Å². The number of amides is 10. The molecule has 4 rings (SSSR count). The smallest absolute Gasteiger partial charge is 0.410 e. The van der Waals surface area contributed by atoms with Crippen molar-refractivity contribution in [3.8, 4) is 0 Å². The number of nitrogens with two attached hydrogens (primary N) is 1. The summed E-state index contributed by atoms with van der Waals surface area (Å²) in [5.41, 5.74) is 7.39. The summed E-state index contributed by atoms with van der Waals surface area (Å²) in [4.78, 5) is 141. The number of likely N-dealkylation sites (tertiary alicyclic amines) is 1. The highest BCUT2D eigenvalue weighted by Crippen LogP contribution is 2.31. The number of carbonyl (C=O) groups excluding carboxylic acids is 10. The van der Waals surface area contributed by atoms with Crippen molar-refractivity contribution < 1.29 is 67.3 Å². The molecule has 0 radical (unpaired) electrons. The molecule has 1 saturated heterocycles. The van der Waals surface area contributed by atoms with Crippen molar-refractivity contribution in [1.29, 1.82) is 0 Å². The Morgan fingerprint density at radius 3 is 1.92 bits per heavy atom. The first-order chi connectivity index (χ1) is 43.6. The normalized spacial score (nSPS) is 17.6. The zero-order valence-electron chi connectivity index (χ0n) is 56.7. The first-order valence-electron chi connectivity index (χ1n) is 32.7. The SMILES string of the molecule is CC[C@H](C)[C@@H]([C@@H](CC(=O)N1CCC[C@H]1[C@H](OC)[C@@H](C)C(=O)N[C@H](C)[C@@H](O)c1ccccc1)OC)N(C)C(=O)[C@@H](NC(=O)[C@H](C(C)C)N(C)C(=O)OCc1ccc(NC(=O)[C@H](CCCCN)NC(=O)[C@@H](NC(=O)CCCCCN2C(=O)C=CC2=O)C(C)C)cc1)C(C)C. The number of carbonyl (C=O) groups is 10. The summed E-state index contributed by atoms with van der Waals surface area (Å²) in [6.07, 6.45) is 4.27. The molecule has 0 bridgehead atoms. The van der Waals surface area contributed by atoms with E-state index in [-0.39, 0.29) is 73.8 Å². The lowest BCUT2D eigenvalue weighted by Crippen LogP contribution is -2.60. The van der Waals surface area contributed by atoms with Gasteiger partial charge in [0.2, 0.25) is 41.4 Å². The fourth-order valence-corrected chi connectivity index (χ4v) is 12.0. The van der Waals surface area contributed by atoms with Crippen LogP contribution in [0.15, 0.2) is 66.7 Å². The molecule has 24 nitrogen and oxygen atoms in total. The molecule has 2 aliphatic rings. The largest absolute Gasteiger partial charge is 0.445 e. The summed E-state index contributed by atoms with van der Waals surface area (Å²) in [7, 11) is 6.12. The minimum atomic E-state index is -1.07. The van der Waals surface area contributed by atoms with Gasteiger partial charge < -0.3 is 61.4 Å². The van der Waals surface area contributed by atoms with Gasteiger partial charge in [-0.2, -0.15) is 0 Å². The Labute approximate surface area is 544 Å². The monoisotopic (exact) mass is 1290 g/mol. The van der Waals surface area contributed by atoms with Gasteiger partial charge in [-0.25, -0.2) is 4.79 Å². The number of aliphatic hydroxyl groups is 1. The number of nitrogens with zero attached hydrogens (tertiary/aromatic N) is 4. The number of rotatable bonds is 38. The molecule has 92 heavy (non-hydrogen) atoms. The van der Waals surface area contributed by atoms with Gasteiger partial charge in [-0.1, -0.05) is 118 Å². The average Bonchev–Trinajstić information content (AvgIpc) is 1.32. The van der Waals surface area contributed by atoms with Crippen LogP contribution in [0.2, 0.25) is 0 Å². The fourth-order valence-electron chi connectivity index (χ4n) is 12.0. The molecule has 2 aromatic carbocycles. The van der Waals surface area contributed by atoms with E-state index in [1.807, 2.05) is 45.9 Å². The Kier molecular flexibility index (Phi) is 31.9. The third-order valence-corrected chi connectivity index (χ3v) is 17.7. The second-order valence-electron chi connectivity index (χ2n) is 25.6. The van der Waals surface area contributed by atoms with Crippen LogP contribution >= 0.6 is 0 Å². The molecule has 512 valence electrons. The Morgan fingerprint density at radius 1 is 0.707 bits per heavy atom. The van der Waals surface area contributed by atoms with Gasteiger partial charge in [0.25, 0.3) is 11.8 Å². The molecule has 0 aliphatic carbocycles. The van der Waals surface area contributed by atoms with Gasteiger partial charge in [0.05, 0.1) is 48.8 Å². The third-order valence-electron chi connectivity index (χ3n) is 17.7. The lowest BCUT2D eigenvalue weighted by molar-refractivity contribution is -0.148. The molecule has 2 aliphatic heterocycles. The third kappa shape index (κ3) is 22.2. The summed E-state index contributed by atoms with van der Waals surface area (Å²) in [6.45, 7) is 19.1. The molecule has 1 fully saturated rings. The fraction of sp³-hybridized carbons (Fsp3) is 0.647. The van der Waals surface area contributed by atoms with E-state index in [9.17, 15) is 53.1 Å². The van der Waals surface area contributed by atoms with E-state index in [1.165, 1.54) is 38.3 Å². The summed E-state index contributed by atoms with van der Waals surface area (Å²) < 4.78 is 17.8. The van der Waals surface area contributed by atoms with Gasteiger partial charge in [0.1, 0.15) is 30.8 Å². The van der Waals surface area contributed by atoms with Crippen molar-refractivity contribution in [2.24, 2.45) is 35.3 Å². The van der Waals surface area contributed by atoms with Crippen molar-refractivity contribution >= 4 is 64.9 Å². The summed E-state index contributed by atoms with van der Waals surface area (Å²) in [6, 6.07) is 9.97. The Morgan fingerprint density at radius 2 is 1.35 bits per heavy atom. The lowest BCUT2D eigenvalue weighted by atomic mass is 9.89. The van der Waals surface area contributed by atoms with E-state index >= 15 is 0 Å². The molecule has 8 N–H and O–H groups in total. The molecule has 0 spiro atoms. The second-order valence-corrected chi connectivity index (χ2v) is 25.6. The maximum atomic E-state index is 14.8. The summed E-state index contributed by atoms with van der Waals surface area (Å²) in [5, 5.41) is 25.3. The van der Waals surface area contributed by atoms with E-state index in [1.54, 1.807) is 94.8 Å². The van der Waals surface area contributed by atoms with Crippen molar-refractivity contribution in [1.82, 2.24) is 40.9 Å². The van der Waals surface area contributed by atoms with Crippen LogP contribution in [0.4, 0.5) is 10.5 Å². The molecular weight excluding hydrogens is 1180 g/mol. The van der Waals surface area contributed by atoms with E-state index in [0.717, 1.165) is 4.90 Å². The quantitative estimate of drug-likeness (QED) is 0.0311. The number of hydrogen-bond donors (Lipinski definition) is 7. The van der Waals surface area contributed by atoms with Gasteiger partial charge >= 0.3 is 6.09 Å². The van der Waals surface area contributed by atoms with Crippen LogP contribution in [0.3, 0.4) is 0 Å². The van der Waals surface area contributed by atoms with Crippen LogP contribution < -0.4 is 32.3 Å². The van der Waals surface area contributed by atoms with Crippen molar-refractivity contribution in [3.63, 3.8) is 0 Å². The molecule has 0 unspecified atom stereocenters. The van der Waals surface area contributed by atoms with Gasteiger partial charge in [-0.3, -0.25) is 53.0 Å². The summed E-state index contributed by atoms with van der Waals surface area (Å²) >= 11 is 0. The Balaban J connectivity index is 1.36. The predicted octanol–water partition coefficient (Wildman–Crippen LogP) is 5.76. The maximum absolute atomic E-state index is 14.8. The molecule has 12 atom stereocenters. The number of likely N-dealkylation sites (N-methyl/N-ethyl adjacent to an activating group) is 2. The Bertz CT molecular complexity index is 2770. The minimum Gasteiger partial charge on any atom is -0.445 e. The van der Waals surface area contributed by atoms with Gasteiger partial charge in [-0.05, 0) is 105 Å². The van der Waals surface area contributed by atoms with Crippen LogP contribution in [0.5, 0.6) is 0 Å². The van der Waals surface area contributed by atoms with E-state index < -0.39 is 108 Å². The second kappa shape index (κ2) is 38.0. The van der Waals surface area contributed by atoms with Crippen molar-refractivity contribution in [2.45, 2.75) is 207 Å². The average molecular weight is 1290 g/mol. The summed E-state index contributed by atoms with van der Waals surface area (Å²) in [5.74, 6) is -5.61. The minimum absolute atomic E-state index is 0.0826. The van der Waals surface area contributed by atoms with Crippen LogP contribution in [-0.2, 0) is 64.0 Å². The number of imide groups is 1. The number of benzene rings is 2. The van der Waals surface area contributed by atoms with Crippen molar-refractivity contribution in [2.75, 3.05) is 53.3 Å². The number of aliphatic hydroxyl groups excluding tert-OH is 1. The first kappa shape index (κ1) is 77.2. The van der Waals surface area contributed by atoms with Gasteiger partial charge in [-0.15, -0.1) is 0 Å². The zero-order valence-corrected chi connectivity index (χ0v) is 56.7. The predicted molar refractivity (Wildman–Crippen MR) is 349 cm³/mol. The van der Waals surface area contributed by atoms with E-state index in [2.05, 4.69) is 26.6 Å². The molecule has 24 heteroatoms. The van der Waals surface area contributed by atoms with Gasteiger partial charge in [0.15, 0.2) is 0 Å². The molecule has 2 aromatic rings. The first-order valence-corrected chi connectivity index (χ1v) is 32.7. The van der Waals surface area contributed by atoms with E-state index in [4.69, 9.17) is 19.9 Å². The Hall–Kier alpha value is -7.28. The molecule has 10 amide bonds. The molecule has 0 saturated carbocycles. The standard InChI is InChI=1S/C68H106N10O14/c1-15-44(8)60(52(90-13)39-56(82)77-38-24-28-51(77)62(91-14)45(9)63(84)70-46(10)61(83)48-25-18-16-19-26-48)75(11)67(88)58(42(4)5)74-66(87)59(43(6)7)76(12)68(89)92-40-47-30-32-49(33-31-47)71-64(85)50(27-21-22-36-69)72-65(86)57(41(2)3)73-53(79)29-20-17-23-37-78-54(80)34-35-55(78)81/h16,18-19,25-26,30-35,41-46,50-52,57-62,83H,15,17,20-24,27-29,36-40,69H2,1-14H3,(H,70,84)(H,71,85)(H,72,86)(H,73,79)(H,74,87)/t44-,45+,46+,50-,51-,52+,57-,58-,59-,60-,61+,62+/m0/s1. The van der Waals surface area contributed by atoms with Gasteiger partial charge in [0, 0.05) is 65.7 Å². The zero-order chi connectivity index (χ0) is 68.5. The number of hydrogen-bond acceptors (Lipinski definition) is 15. The van der Waals surface area contributed by atoms with Crippen LogP contribution in [0.25, 0.3) is 0 Å². The highest BCUT2D eigenvalue weighted by molar-refractivity contribution is 6.12. The number of ether oxygens (including phenoxy) is 3. The number of nitrogens with one attached hydrogen (secondary N) is 5. The van der Waals surface area contributed by atoms with Crippen molar-refractivity contribution in [3.05, 3.63) is 77.9 Å². The topological polar surface area (TPSA) is 318 Å².